The van der Waals surface area contributed by atoms with E-state index >= 15 is 0 Å². The van der Waals surface area contributed by atoms with Crippen molar-refractivity contribution in [3.05, 3.63) is 33.8 Å². The minimum absolute atomic E-state index is 0.343. The number of carboxylic acids is 1. The number of hydrogen-bond acceptors (Lipinski definition) is 2. The van der Waals surface area contributed by atoms with Gasteiger partial charge in [0.25, 0.3) is 0 Å². The Morgan fingerprint density at radius 2 is 2.13 bits per heavy atom. The summed E-state index contributed by atoms with van der Waals surface area (Å²) >= 11 is 11.7. The van der Waals surface area contributed by atoms with Gasteiger partial charge in [0.15, 0.2) is 0 Å². The monoisotopic (exact) mass is 247 g/mol. The van der Waals surface area contributed by atoms with Crippen LogP contribution in [-0.2, 0) is 11.2 Å². The quantitative estimate of drug-likeness (QED) is 0.859. The molecule has 0 aliphatic heterocycles. The zero-order valence-corrected chi connectivity index (χ0v) is 9.42. The SMILES string of the molecule is N[C@H](CCc1cccc(Cl)c1Cl)C(=O)O. The second-order valence-electron chi connectivity index (χ2n) is 3.20. The summed E-state index contributed by atoms with van der Waals surface area (Å²) in [6.45, 7) is 0. The summed E-state index contributed by atoms with van der Waals surface area (Å²) in [5.74, 6) is -1.01. The van der Waals surface area contributed by atoms with E-state index < -0.39 is 12.0 Å². The Balaban J connectivity index is 2.66. The normalized spacial score (nSPS) is 12.5. The molecule has 1 aromatic carbocycles. The first-order chi connectivity index (χ1) is 7.02. The molecule has 1 atom stereocenters. The molecule has 3 N–H and O–H groups in total. The van der Waals surface area contributed by atoms with Crippen LogP contribution in [0, 0.1) is 0 Å². The van der Waals surface area contributed by atoms with E-state index in [1.165, 1.54) is 0 Å². The first-order valence-corrected chi connectivity index (χ1v) is 5.19. The van der Waals surface area contributed by atoms with E-state index in [0.29, 0.717) is 22.9 Å². The van der Waals surface area contributed by atoms with Crippen molar-refractivity contribution in [3.63, 3.8) is 0 Å². The highest BCUT2D eigenvalue weighted by Gasteiger charge is 2.12. The fourth-order valence-corrected chi connectivity index (χ4v) is 1.59. The summed E-state index contributed by atoms with van der Waals surface area (Å²) in [5.41, 5.74) is 6.20. The smallest absolute Gasteiger partial charge is 0.320 e. The van der Waals surface area contributed by atoms with Gasteiger partial charge in [-0.15, -0.1) is 0 Å². The van der Waals surface area contributed by atoms with Crippen LogP contribution in [0.5, 0.6) is 0 Å². The van der Waals surface area contributed by atoms with E-state index in [2.05, 4.69) is 0 Å². The molecule has 0 unspecified atom stereocenters. The number of nitrogens with two attached hydrogens (primary N) is 1. The van der Waals surface area contributed by atoms with Crippen molar-refractivity contribution in [2.24, 2.45) is 5.73 Å². The molecule has 0 amide bonds. The number of aryl methyl sites for hydroxylation is 1. The van der Waals surface area contributed by atoms with E-state index in [1.807, 2.05) is 6.07 Å². The second-order valence-corrected chi connectivity index (χ2v) is 3.98. The highest BCUT2D eigenvalue weighted by Crippen LogP contribution is 2.26. The Kier molecular flexibility index (Phi) is 4.39. The largest absolute Gasteiger partial charge is 0.480 e. The highest BCUT2D eigenvalue weighted by atomic mass is 35.5. The lowest BCUT2D eigenvalue weighted by molar-refractivity contribution is -0.138. The predicted molar refractivity (Wildman–Crippen MR) is 60.4 cm³/mol. The topological polar surface area (TPSA) is 63.3 Å². The third kappa shape index (κ3) is 3.38. The average molecular weight is 248 g/mol. The van der Waals surface area contributed by atoms with Crippen LogP contribution in [0.2, 0.25) is 10.0 Å². The third-order valence-corrected chi connectivity index (χ3v) is 2.93. The first kappa shape index (κ1) is 12.3. The molecular weight excluding hydrogens is 237 g/mol. The first-order valence-electron chi connectivity index (χ1n) is 4.43. The van der Waals surface area contributed by atoms with E-state index in [-0.39, 0.29) is 0 Å². The summed E-state index contributed by atoms with van der Waals surface area (Å²) in [7, 11) is 0. The maximum absolute atomic E-state index is 10.5. The molecule has 0 saturated heterocycles. The molecule has 0 radical (unpaired) electrons. The summed E-state index contributed by atoms with van der Waals surface area (Å²) in [6.07, 6.45) is 0.849. The van der Waals surface area contributed by atoms with Crippen LogP contribution in [0.4, 0.5) is 0 Å². The highest BCUT2D eigenvalue weighted by molar-refractivity contribution is 6.42. The summed E-state index contributed by atoms with van der Waals surface area (Å²) < 4.78 is 0. The molecule has 0 heterocycles. The van der Waals surface area contributed by atoms with Gasteiger partial charge in [-0.2, -0.15) is 0 Å². The number of hydrogen-bond donors (Lipinski definition) is 2. The number of aliphatic carboxylic acids is 1. The Morgan fingerprint density at radius 1 is 1.47 bits per heavy atom. The molecule has 82 valence electrons. The van der Waals surface area contributed by atoms with E-state index in [9.17, 15) is 4.79 Å². The molecule has 0 fully saturated rings. The molecule has 0 saturated carbocycles. The molecule has 1 rings (SSSR count). The molecular formula is C10H11Cl2NO2. The van der Waals surface area contributed by atoms with Gasteiger partial charge in [-0.3, -0.25) is 4.79 Å². The zero-order chi connectivity index (χ0) is 11.4. The number of carbonyl (C=O) groups is 1. The van der Waals surface area contributed by atoms with Crippen molar-refractivity contribution in [2.75, 3.05) is 0 Å². The number of halogens is 2. The lowest BCUT2D eigenvalue weighted by atomic mass is 10.1. The van der Waals surface area contributed by atoms with Crippen molar-refractivity contribution in [2.45, 2.75) is 18.9 Å². The average Bonchev–Trinajstić information content (AvgIpc) is 2.19. The van der Waals surface area contributed by atoms with Gasteiger partial charge >= 0.3 is 5.97 Å². The predicted octanol–water partition coefficient (Wildman–Crippen LogP) is 2.34. The van der Waals surface area contributed by atoms with Crippen molar-refractivity contribution in [1.29, 1.82) is 0 Å². The molecule has 3 nitrogen and oxygen atoms in total. The van der Waals surface area contributed by atoms with Crippen LogP contribution < -0.4 is 5.73 Å². The van der Waals surface area contributed by atoms with Crippen LogP contribution in [0.1, 0.15) is 12.0 Å². The molecule has 0 aliphatic rings. The number of benzene rings is 1. The van der Waals surface area contributed by atoms with Gasteiger partial charge in [0.1, 0.15) is 6.04 Å². The van der Waals surface area contributed by atoms with E-state index in [4.69, 9.17) is 34.0 Å². The third-order valence-electron chi connectivity index (χ3n) is 2.07. The lowest BCUT2D eigenvalue weighted by Crippen LogP contribution is -2.30. The summed E-state index contributed by atoms with van der Waals surface area (Å²) in [4.78, 5) is 10.5. The van der Waals surface area contributed by atoms with Crippen molar-refractivity contribution in [1.82, 2.24) is 0 Å². The van der Waals surface area contributed by atoms with Crippen LogP contribution in [0.25, 0.3) is 0 Å². The van der Waals surface area contributed by atoms with Crippen LogP contribution >= 0.6 is 23.2 Å². The van der Waals surface area contributed by atoms with Gasteiger partial charge in [0.2, 0.25) is 0 Å². The standard InChI is InChI=1S/C10H11Cl2NO2/c11-7-3-1-2-6(9(7)12)4-5-8(13)10(14)15/h1-3,8H,4-5,13H2,(H,14,15)/t8-/m1/s1. The molecule has 15 heavy (non-hydrogen) atoms. The van der Waals surface area contributed by atoms with Gasteiger partial charge in [0, 0.05) is 0 Å². The zero-order valence-electron chi connectivity index (χ0n) is 7.91. The fourth-order valence-electron chi connectivity index (χ4n) is 1.18. The van der Waals surface area contributed by atoms with Crippen molar-refractivity contribution in [3.8, 4) is 0 Å². The molecule has 0 aromatic heterocycles. The second kappa shape index (κ2) is 5.35. The number of rotatable bonds is 4. The lowest BCUT2D eigenvalue weighted by Gasteiger charge is -2.08. The van der Waals surface area contributed by atoms with Crippen LogP contribution in [-0.4, -0.2) is 17.1 Å². The van der Waals surface area contributed by atoms with Gasteiger partial charge in [0.05, 0.1) is 10.0 Å². The van der Waals surface area contributed by atoms with Gasteiger partial charge in [-0.25, -0.2) is 0 Å². The van der Waals surface area contributed by atoms with Crippen LogP contribution in [0.3, 0.4) is 0 Å². The Morgan fingerprint density at radius 3 is 2.73 bits per heavy atom. The summed E-state index contributed by atoms with van der Waals surface area (Å²) in [5, 5.41) is 9.54. The maximum Gasteiger partial charge on any atom is 0.320 e. The Bertz CT molecular complexity index is 368. The van der Waals surface area contributed by atoms with E-state index in [0.717, 1.165) is 5.56 Å². The van der Waals surface area contributed by atoms with E-state index in [1.54, 1.807) is 12.1 Å². The molecule has 0 aliphatic carbocycles. The minimum atomic E-state index is -1.01. The van der Waals surface area contributed by atoms with Crippen LogP contribution in [0.15, 0.2) is 18.2 Å². The van der Waals surface area contributed by atoms with Gasteiger partial charge < -0.3 is 10.8 Å². The van der Waals surface area contributed by atoms with Crippen molar-refractivity contribution >= 4 is 29.2 Å². The van der Waals surface area contributed by atoms with Gasteiger partial charge in [-0.05, 0) is 24.5 Å². The van der Waals surface area contributed by atoms with Crippen molar-refractivity contribution < 1.29 is 9.90 Å². The van der Waals surface area contributed by atoms with Gasteiger partial charge in [-0.1, -0.05) is 35.3 Å². The maximum atomic E-state index is 10.5. The fraction of sp³-hybridized carbons (Fsp3) is 0.300. The summed E-state index contributed by atoms with van der Waals surface area (Å²) in [6, 6.07) is 4.41. The minimum Gasteiger partial charge on any atom is -0.480 e. The Hall–Kier alpha value is -0.770. The molecule has 1 aromatic rings. The molecule has 0 spiro atoms. The molecule has 5 heteroatoms. The molecule has 0 bridgehead atoms. The number of carboxylic acid groups (broad SMARTS) is 1. The Labute approximate surface area is 97.8 Å².